The summed E-state index contributed by atoms with van der Waals surface area (Å²) in [5.74, 6) is 0.126. The van der Waals surface area contributed by atoms with Crippen LogP contribution in [0, 0.1) is 6.92 Å². The van der Waals surface area contributed by atoms with Crippen LogP contribution in [0.15, 0.2) is 65.3 Å². The second-order valence-electron chi connectivity index (χ2n) is 5.54. The molecule has 0 spiro atoms. The van der Waals surface area contributed by atoms with E-state index < -0.39 is 0 Å². The summed E-state index contributed by atoms with van der Waals surface area (Å²) in [7, 11) is 0. The molecule has 3 N–H and O–H groups in total. The maximum Gasteiger partial charge on any atom is 0.261 e. The molecule has 0 radical (unpaired) electrons. The van der Waals surface area contributed by atoms with Gasteiger partial charge in [0.2, 0.25) is 0 Å². The van der Waals surface area contributed by atoms with Gasteiger partial charge in [0, 0.05) is 28.7 Å². The molecule has 0 aliphatic carbocycles. The number of rotatable bonds is 5. The topological polar surface area (TPSA) is 87.4 Å². The van der Waals surface area contributed by atoms with Gasteiger partial charge in [0.25, 0.3) is 5.91 Å². The highest BCUT2D eigenvalue weighted by atomic mass is 35.5. The number of nitrogens with zero attached hydrogens (tertiary/aromatic N) is 1. The van der Waals surface area contributed by atoms with Crippen LogP contribution >= 0.6 is 11.6 Å². The Labute approximate surface area is 155 Å². The quantitative estimate of drug-likeness (QED) is 0.457. The van der Waals surface area contributed by atoms with Gasteiger partial charge in [-0.25, -0.2) is 0 Å². The molecule has 0 fully saturated rings. The van der Waals surface area contributed by atoms with Crippen molar-refractivity contribution in [3.8, 4) is 5.75 Å². The number of aryl methyl sites for hydroxylation is 1. The van der Waals surface area contributed by atoms with Gasteiger partial charge < -0.3 is 20.3 Å². The number of carbonyl (C=O) groups is 1. The Hall–Kier alpha value is -3.25. The fourth-order valence-corrected chi connectivity index (χ4v) is 2.31. The number of anilines is 2. The first-order valence-electron chi connectivity index (χ1n) is 7.77. The summed E-state index contributed by atoms with van der Waals surface area (Å²) in [5, 5.41) is 19.6. The van der Waals surface area contributed by atoms with Crippen LogP contribution in [0.3, 0.4) is 0 Å². The first kappa shape index (κ1) is 17.6. The minimum atomic E-state index is -0.366. The van der Waals surface area contributed by atoms with Crippen LogP contribution in [0.5, 0.6) is 5.75 Å². The highest BCUT2D eigenvalue weighted by molar-refractivity contribution is 6.30. The van der Waals surface area contributed by atoms with Gasteiger partial charge in [0.15, 0.2) is 5.76 Å². The molecule has 2 aromatic carbocycles. The third kappa shape index (κ3) is 4.43. The Morgan fingerprint density at radius 3 is 2.38 bits per heavy atom. The molecular weight excluding hydrogens is 354 g/mol. The molecule has 0 atom stereocenters. The summed E-state index contributed by atoms with van der Waals surface area (Å²) in [5.41, 5.74) is 2.24. The summed E-state index contributed by atoms with van der Waals surface area (Å²) in [6, 6.07) is 14.9. The van der Waals surface area contributed by atoms with Crippen LogP contribution in [-0.2, 0) is 4.79 Å². The zero-order chi connectivity index (χ0) is 18.5. The Bertz CT molecular complexity index is 931. The Kier molecular flexibility index (Phi) is 5.24. The number of hydrogen-bond acceptors (Lipinski definition) is 5. The van der Waals surface area contributed by atoms with Gasteiger partial charge in [-0.3, -0.25) is 4.79 Å². The number of carbonyl (C=O) groups excluding carboxylic acids is 1. The lowest BCUT2D eigenvalue weighted by molar-refractivity contribution is -0.111. The number of amides is 1. The van der Waals surface area contributed by atoms with E-state index in [1.54, 1.807) is 61.5 Å². The smallest absolute Gasteiger partial charge is 0.261 e. The number of benzene rings is 2. The summed E-state index contributed by atoms with van der Waals surface area (Å²) in [6.45, 7) is 1.77. The molecule has 7 heteroatoms. The Balaban J connectivity index is 1.84. The van der Waals surface area contributed by atoms with Crippen LogP contribution in [-0.4, -0.2) is 16.2 Å². The summed E-state index contributed by atoms with van der Waals surface area (Å²) < 4.78 is 5.23. The lowest BCUT2D eigenvalue weighted by Crippen LogP contribution is -2.14. The van der Waals surface area contributed by atoms with E-state index >= 15 is 0 Å². The van der Waals surface area contributed by atoms with E-state index in [1.807, 2.05) is 0 Å². The fraction of sp³-hybridized carbons (Fsp3) is 0.0526. The van der Waals surface area contributed by atoms with E-state index in [4.69, 9.17) is 16.1 Å². The minimum absolute atomic E-state index is 0.158. The number of phenolic OH excluding ortho intramolecular Hbond substituents is 1. The normalized spacial score (nSPS) is 11.2. The molecule has 0 aliphatic heterocycles. The number of halogens is 1. The minimum Gasteiger partial charge on any atom is -0.508 e. The maximum absolute atomic E-state index is 12.7. The second-order valence-corrected chi connectivity index (χ2v) is 5.98. The molecule has 0 saturated heterocycles. The molecule has 0 aliphatic rings. The molecule has 0 saturated carbocycles. The number of aromatic hydroxyl groups is 1. The third-order valence-corrected chi connectivity index (χ3v) is 3.74. The van der Waals surface area contributed by atoms with Gasteiger partial charge in [-0.2, -0.15) is 0 Å². The van der Waals surface area contributed by atoms with Crippen molar-refractivity contribution in [3.05, 3.63) is 77.3 Å². The molecule has 3 aromatic rings. The first-order chi connectivity index (χ1) is 12.5. The van der Waals surface area contributed by atoms with Gasteiger partial charge in [0.05, 0.1) is 5.69 Å². The van der Waals surface area contributed by atoms with E-state index in [1.165, 1.54) is 6.20 Å². The predicted molar refractivity (Wildman–Crippen MR) is 101 cm³/mol. The van der Waals surface area contributed by atoms with Gasteiger partial charge in [-0.05, 0) is 55.5 Å². The van der Waals surface area contributed by atoms with Gasteiger partial charge in [-0.1, -0.05) is 16.8 Å². The second kappa shape index (κ2) is 7.76. The van der Waals surface area contributed by atoms with Crippen molar-refractivity contribution in [3.63, 3.8) is 0 Å². The molecular formula is C19H16ClN3O3. The molecule has 3 rings (SSSR count). The first-order valence-corrected chi connectivity index (χ1v) is 8.15. The standard InChI is InChI=1S/C19H16ClN3O3/c1-12-10-18(26-23-12)17(11-21-14-6-8-16(24)9-7-14)19(25)22-15-4-2-13(20)3-5-15/h2-11,21,24H,1H3,(H,22,25)/b17-11-. The zero-order valence-corrected chi connectivity index (χ0v) is 14.6. The van der Waals surface area contributed by atoms with Crippen LogP contribution in [0.1, 0.15) is 11.5 Å². The van der Waals surface area contributed by atoms with Gasteiger partial charge >= 0.3 is 0 Å². The SMILES string of the molecule is Cc1cc(/C(=C/Nc2ccc(O)cc2)C(=O)Nc2ccc(Cl)cc2)on1. The van der Waals surface area contributed by atoms with Crippen LogP contribution in [0.25, 0.3) is 5.57 Å². The molecule has 1 amide bonds. The summed E-state index contributed by atoms with van der Waals surface area (Å²) >= 11 is 5.86. The van der Waals surface area contributed by atoms with E-state index in [2.05, 4.69) is 15.8 Å². The van der Waals surface area contributed by atoms with Gasteiger partial charge in [0.1, 0.15) is 11.3 Å². The van der Waals surface area contributed by atoms with Crippen molar-refractivity contribution in [2.45, 2.75) is 6.92 Å². The molecule has 0 unspecified atom stereocenters. The highest BCUT2D eigenvalue weighted by Crippen LogP contribution is 2.21. The van der Waals surface area contributed by atoms with E-state index in [-0.39, 0.29) is 17.2 Å². The highest BCUT2D eigenvalue weighted by Gasteiger charge is 2.17. The van der Waals surface area contributed by atoms with E-state index in [0.717, 1.165) is 0 Å². The maximum atomic E-state index is 12.7. The monoisotopic (exact) mass is 369 g/mol. The number of aromatic nitrogens is 1. The average Bonchev–Trinajstić information content (AvgIpc) is 3.05. The largest absolute Gasteiger partial charge is 0.508 e. The van der Waals surface area contributed by atoms with Crippen molar-refractivity contribution in [1.29, 1.82) is 0 Å². The Morgan fingerprint density at radius 1 is 1.12 bits per heavy atom. The fourth-order valence-electron chi connectivity index (χ4n) is 2.18. The summed E-state index contributed by atoms with van der Waals surface area (Å²) in [6.07, 6.45) is 1.53. The van der Waals surface area contributed by atoms with Crippen molar-refractivity contribution >= 4 is 34.5 Å². The summed E-state index contributed by atoms with van der Waals surface area (Å²) in [4.78, 5) is 12.7. The third-order valence-electron chi connectivity index (χ3n) is 3.49. The Morgan fingerprint density at radius 2 is 1.77 bits per heavy atom. The predicted octanol–water partition coefficient (Wildman–Crippen LogP) is 4.43. The van der Waals surface area contributed by atoms with Crippen molar-refractivity contribution in [2.24, 2.45) is 0 Å². The van der Waals surface area contributed by atoms with Crippen molar-refractivity contribution < 1.29 is 14.4 Å². The number of phenols is 1. The van der Waals surface area contributed by atoms with E-state index in [0.29, 0.717) is 27.9 Å². The van der Waals surface area contributed by atoms with Crippen molar-refractivity contribution in [2.75, 3.05) is 10.6 Å². The van der Waals surface area contributed by atoms with Gasteiger partial charge in [-0.15, -0.1) is 0 Å². The van der Waals surface area contributed by atoms with Crippen LogP contribution < -0.4 is 10.6 Å². The lowest BCUT2D eigenvalue weighted by atomic mass is 10.2. The average molecular weight is 370 g/mol. The van der Waals surface area contributed by atoms with Crippen LogP contribution in [0.4, 0.5) is 11.4 Å². The number of nitrogens with one attached hydrogen (secondary N) is 2. The number of hydrogen-bond donors (Lipinski definition) is 3. The molecule has 132 valence electrons. The molecule has 1 aromatic heterocycles. The van der Waals surface area contributed by atoms with Crippen molar-refractivity contribution in [1.82, 2.24) is 5.16 Å². The molecule has 1 heterocycles. The molecule has 6 nitrogen and oxygen atoms in total. The zero-order valence-electron chi connectivity index (χ0n) is 13.9. The molecule has 26 heavy (non-hydrogen) atoms. The van der Waals surface area contributed by atoms with E-state index in [9.17, 15) is 9.90 Å². The lowest BCUT2D eigenvalue weighted by Gasteiger charge is -2.08. The molecule has 0 bridgehead atoms. The van der Waals surface area contributed by atoms with Crippen LogP contribution in [0.2, 0.25) is 5.02 Å².